The fourth-order valence-electron chi connectivity index (χ4n) is 1.04. The molecule has 0 bridgehead atoms. The molecule has 1 aromatic heterocycles. The van der Waals surface area contributed by atoms with E-state index in [4.69, 9.17) is 0 Å². The van der Waals surface area contributed by atoms with Crippen LogP contribution in [0.3, 0.4) is 0 Å². The Morgan fingerprint density at radius 2 is 2.24 bits per heavy atom. The van der Waals surface area contributed by atoms with E-state index in [2.05, 4.69) is 15.0 Å². The van der Waals surface area contributed by atoms with Crippen molar-refractivity contribution in [2.24, 2.45) is 0 Å². The second-order valence-corrected chi connectivity index (χ2v) is 3.77. The molecule has 0 aliphatic rings. The Balaban J connectivity index is 0.000000437. The van der Waals surface area contributed by atoms with Gasteiger partial charge in [0.25, 0.3) is 12.4 Å². The van der Waals surface area contributed by atoms with Crippen molar-refractivity contribution < 1.29 is 14.3 Å². The number of rotatable bonds is 4. The molecular weight excluding hydrogens is 220 g/mol. The van der Waals surface area contributed by atoms with Crippen molar-refractivity contribution in [3.63, 3.8) is 0 Å². The van der Waals surface area contributed by atoms with Gasteiger partial charge in [-0.1, -0.05) is 0 Å². The molecule has 0 aromatic carbocycles. The van der Waals surface area contributed by atoms with Crippen LogP contribution in [0.25, 0.3) is 0 Å². The van der Waals surface area contributed by atoms with Crippen molar-refractivity contribution in [1.29, 1.82) is 0 Å². The molecule has 5 nitrogen and oxygen atoms in total. The lowest BCUT2D eigenvalue weighted by atomic mass is 10.3. The maximum atomic E-state index is 11.3. The second-order valence-electron chi connectivity index (χ2n) is 3.77. The van der Waals surface area contributed by atoms with Crippen LogP contribution in [0.5, 0.6) is 0 Å². The van der Waals surface area contributed by atoms with E-state index in [0.717, 1.165) is 5.56 Å². The van der Waals surface area contributed by atoms with Crippen molar-refractivity contribution >= 4 is 12.4 Å². The third-order valence-electron chi connectivity index (χ3n) is 1.73. The topological polar surface area (TPSA) is 71.2 Å². The highest BCUT2D eigenvalue weighted by Crippen LogP contribution is 2.01. The van der Waals surface area contributed by atoms with Gasteiger partial charge in [-0.3, -0.25) is 9.59 Å². The van der Waals surface area contributed by atoms with E-state index >= 15 is 0 Å². The Morgan fingerprint density at radius 1 is 1.59 bits per heavy atom. The molecule has 0 spiro atoms. The molecule has 96 valence electrons. The second kappa shape index (κ2) is 8.38. The number of hydrogen-bond acceptors (Lipinski definition) is 3. The van der Waals surface area contributed by atoms with Crippen LogP contribution in [0, 0.1) is 6.92 Å². The lowest BCUT2D eigenvalue weighted by molar-refractivity contribution is -0.128. The molecule has 0 aliphatic heterocycles. The Bertz CT molecular complexity index is 345. The van der Waals surface area contributed by atoms with Gasteiger partial charge in [0.2, 0.25) is 0 Å². The predicted molar refractivity (Wildman–Crippen MR) is 65.8 cm³/mol. The molecule has 0 saturated carbocycles. The molecular formula is C12H20N2O3. The van der Waals surface area contributed by atoms with Crippen LogP contribution in [-0.2, 0) is 9.53 Å². The summed E-state index contributed by atoms with van der Waals surface area (Å²) in [6, 6.07) is 2.01. The van der Waals surface area contributed by atoms with Gasteiger partial charge >= 0.3 is 0 Å². The van der Waals surface area contributed by atoms with Crippen molar-refractivity contribution in [3.8, 4) is 0 Å². The van der Waals surface area contributed by atoms with Crippen LogP contribution >= 0.6 is 0 Å². The first-order valence-electron chi connectivity index (χ1n) is 5.52. The Kier molecular flexibility index (Phi) is 7.50. The van der Waals surface area contributed by atoms with Gasteiger partial charge in [-0.2, -0.15) is 0 Å². The number of aromatic nitrogens is 1. The molecule has 5 heteroatoms. The van der Waals surface area contributed by atoms with E-state index in [1.165, 1.54) is 0 Å². The van der Waals surface area contributed by atoms with Gasteiger partial charge in [0.05, 0.1) is 6.61 Å². The number of aryl methyl sites for hydroxylation is 1. The van der Waals surface area contributed by atoms with E-state index in [1.807, 2.05) is 33.0 Å². The Hall–Kier alpha value is -1.78. The minimum Gasteiger partial charge on any atom is -0.468 e. The number of ether oxygens (including phenoxy) is 1. The van der Waals surface area contributed by atoms with Crippen LogP contribution in [-0.4, -0.2) is 30.0 Å². The number of H-pyrrole nitrogens is 1. The van der Waals surface area contributed by atoms with Crippen LogP contribution in [0.4, 0.5) is 0 Å². The summed E-state index contributed by atoms with van der Waals surface area (Å²) in [6.07, 6.45) is 1.81. The monoisotopic (exact) mass is 240 g/mol. The third kappa shape index (κ3) is 7.16. The molecule has 2 N–H and O–H groups in total. The first-order chi connectivity index (χ1) is 8.01. The normalized spacial score (nSPS) is 9.24. The lowest BCUT2D eigenvalue weighted by Crippen LogP contribution is -2.30. The Labute approximate surface area is 102 Å². The number of carbonyl (C=O) groups is 2. The highest BCUT2D eigenvalue weighted by atomic mass is 16.5. The molecule has 1 aromatic rings. The first-order valence-corrected chi connectivity index (χ1v) is 5.52. The number of nitrogens with one attached hydrogen (secondary N) is 2. The molecule has 1 heterocycles. The first kappa shape index (κ1) is 15.2. The molecule has 1 amide bonds. The van der Waals surface area contributed by atoms with Gasteiger partial charge < -0.3 is 15.0 Å². The van der Waals surface area contributed by atoms with Crippen LogP contribution in [0.15, 0.2) is 12.3 Å². The maximum absolute atomic E-state index is 11.3. The molecule has 0 fully saturated rings. The fourth-order valence-corrected chi connectivity index (χ4v) is 1.04. The zero-order valence-electron chi connectivity index (χ0n) is 10.7. The Morgan fingerprint density at radius 3 is 2.53 bits per heavy atom. The van der Waals surface area contributed by atoms with Gasteiger partial charge in [-0.05, 0) is 39.3 Å². The summed E-state index contributed by atoms with van der Waals surface area (Å²) in [6.45, 7) is 8.49. The molecule has 0 atom stereocenters. The van der Waals surface area contributed by atoms with Gasteiger partial charge in [0.1, 0.15) is 5.69 Å². The van der Waals surface area contributed by atoms with Crippen molar-refractivity contribution in [2.45, 2.75) is 33.7 Å². The standard InChI is InChI=1S/C9H14N2O.C3H6O2/c1-6(2)11-9(12)8-4-7(3)5-10-8;1-2-5-3-4/h4-6,10H,1-3H3,(H,11,12);3H,2H2,1H3. The quantitative estimate of drug-likeness (QED) is 0.786. The van der Waals surface area contributed by atoms with E-state index in [0.29, 0.717) is 18.8 Å². The highest BCUT2D eigenvalue weighted by molar-refractivity contribution is 5.92. The van der Waals surface area contributed by atoms with E-state index in [9.17, 15) is 9.59 Å². The average molecular weight is 240 g/mol. The smallest absolute Gasteiger partial charge is 0.293 e. The number of amides is 1. The summed E-state index contributed by atoms with van der Waals surface area (Å²) >= 11 is 0. The van der Waals surface area contributed by atoms with Crippen LogP contribution in [0.1, 0.15) is 36.8 Å². The predicted octanol–water partition coefficient (Wildman–Crippen LogP) is 1.64. The van der Waals surface area contributed by atoms with E-state index in [-0.39, 0.29) is 11.9 Å². The third-order valence-corrected chi connectivity index (χ3v) is 1.73. The summed E-state index contributed by atoms with van der Waals surface area (Å²) in [4.78, 5) is 23.4. The molecule has 1 rings (SSSR count). The summed E-state index contributed by atoms with van der Waals surface area (Å²) in [7, 11) is 0. The summed E-state index contributed by atoms with van der Waals surface area (Å²) in [5.74, 6) is -0.0434. The molecule has 0 aliphatic carbocycles. The van der Waals surface area contributed by atoms with E-state index < -0.39 is 0 Å². The fraction of sp³-hybridized carbons (Fsp3) is 0.500. The summed E-state index contributed by atoms with van der Waals surface area (Å²) in [5, 5.41) is 2.80. The highest BCUT2D eigenvalue weighted by Gasteiger charge is 2.07. The minimum absolute atomic E-state index is 0.0434. The average Bonchev–Trinajstić information content (AvgIpc) is 2.66. The largest absolute Gasteiger partial charge is 0.468 e. The molecule has 0 saturated heterocycles. The summed E-state index contributed by atoms with van der Waals surface area (Å²) in [5.41, 5.74) is 1.70. The van der Waals surface area contributed by atoms with Crippen molar-refractivity contribution in [3.05, 3.63) is 23.5 Å². The SMILES string of the molecule is CCOC=O.Cc1c[nH]c(C(=O)NC(C)C)c1. The van der Waals surface area contributed by atoms with Crippen molar-refractivity contribution in [2.75, 3.05) is 6.61 Å². The number of aromatic amines is 1. The lowest BCUT2D eigenvalue weighted by Gasteiger charge is -2.05. The van der Waals surface area contributed by atoms with E-state index in [1.54, 1.807) is 6.92 Å². The van der Waals surface area contributed by atoms with Gasteiger partial charge in [0.15, 0.2) is 0 Å². The van der Waals surface area contributed by atoms with Gasteiger partial charge in [0, 0.05) is 12.2 Å². The van der Waals surface area contributed by atoms with Crippen LogP contribution < -0.4 is 5.32 Å². The molecule has 0 unspecified atom stereocenters. The van der Waals surface area contributed by atoms with Crippen LogP contribution in [0.2, 0.25) is 0 Å². The van der Waals surface area contributed by atoms with Gasteiger partial charge in [-0.25, -0.2) is 0 Å². The minimum atomic E-state index is -0.0434. The van der Waals surface area contributed by atoms with Crippen molar-refractivity contribution in [1.82, 2.24) is 10.3 Å². The maximum Gasteiger partial charge on any atom is 0.293 e. The zero-order valence-corrected chi connectivity index (χ0v) is 10.7. The number of carbonyl (C=O) groups excluding carboxylic acids is 2. The molecule has 17 heavy (non-hydrogen) atoms. The number of hydrogen-bond donors (Lipinski definition) is 2. The zero-order chi connectivity index (χ0) is 13.3. The molecule has 0 radical (unpaired) electrons. The summed E-state index contributed by atoms with van der Waals surface area (Å²) < 4.78 is 4.15. The van der Waals surface area contributed by atoms with Gasteiger partial charge in [-0.15, -0.1) is 0 Å².